The van der Waals surface area contributed by atoms with Crippen molar-refractivity contribution in [3.05, 3.63) is 39.4 Å². The first-order chi connectivity index (χ1) is 9.71. The Balaban J connectivity index is 2.35. The molecule has 114 valence electrons. The maximum absolute atomic E-state index is 13.7. The first kappa shape index (κ1) is 15.3. The lowest BCUT2D eigenvalue weighted by molar-refractivity contribution is -0.387. The summed E-state index contributed by atoms with van der Waals surface area (Å²) in [5.41, 5.74) is -2.61. The first-order valence-corrected chi connectivity index (χ1v) is 6.36. The third kappa shape index (κ3) is 3.15. The number of nitrogens with zero attached hydrogens (tertiary/aromatic N) is 2. The van der Waals surface area contributed by atoms with E-state index in [9.17, 15) is 28.8 Å². The number of β-amino-alcohol motifs (C(OH)–C–C–N with tert-alkyl or cyclic N) is 1. The molecule has 0 saturated carbocycles. The molecule has 1 fully saturated rings. The van der Waals surface area contributed by atoms with Crippen LogP contribution in [-0.2, 0) is 0 Å². The van der Waals surface area contributed by atoms with Crippen molar-refractivity contribution in [2.24, 2.45) is 0 Å². The lowest BCUT2D eigenvalue weighted by Crippen LogP contribution is -2.48. The van der Waals surface area contributed by atoms with E-state index in [1.807, 2.05) is 0 Å². The second-order valence-electron chi connectivity index (χ2n) is 5.37. The van der Waals surface area contributed by atoms with Crippen molar-refractivity contribution in [2.75, 3.05) is 13.1 Å². The van der Waals surface area contributed by atoms with Crippen LogP contribution in [0, 0.1) is 21.7 Å². The van der Waals surface area contributed by atoms with E-state index in [4.69, 9.17) is 0 Å². The molecule has 6 nitrogen and oxygen atoms in total. The fourth-order valence-electron chi connectivity index (χ4n) is 2.41. The number of piperidine rings is 1. The summed E-state index contributed by atoms with van der Waals surface area (Å²) in [6.07, 6.45) is 1.03. The SMILES string of the molecule is CC1(O)CCCN(C(=O)c2cc([N+](=O)[O-])c(F)cc2F)C1. The fourth-order valence-corrected chi connectivity index (χ4v) is 2.41. The number of carbonyl (C=O) groups is 1. The summed E-state index contributed by atoms with van der Waals surface area (Å²) in [7, 11) is 0. The van der Waals surface area contributed by atoms with E-state index in [0.29, 0.717) is 31.5 Å². The van der Waals surface area contributed by atoms with Gasteiger partial charge in [0.1, 0.15) is 5.82 Å². The minimum Gasteiger partial charge on any atom is -0.388 e. The Bertz CT molecular complexity index is 604. The van der Waals surface area contributed by atoms with Gasteiger partial charge >= 0.3 is 5.69 Å². The van der Waals surface area contributed by atoms with Gasteiger partial charge in [-0.15, -0.1) is 0 Å². The third-order valence-corrected chi connectivity index (χ3v) is 3.43. The number of nitro groups is 1. The summed E-state index contributed by atoms with van der Waals surface area (Å²) in [5.74, 6) is -3.29. The highest BCUT2D eigenvalue weighted by molar-refractivity contribution is 5.95. The van der Waals surface area contributed by atoms with Gasteiger partial charge in [-0.05, 0) is 19.8 Å². The van der Waals surface area contributed by atoms with E-state index in [1.165, 1.54) is 4.90 Å². The van der Waals surface area contributed by atoms with Crippen molar-refractivity contribution >= 4 is 11.6 Å². The highest BCUT2D eigenvalue weighted by Gasteiger charge is 2.33. The monoisotopic (exact) mass is 300 g/mol. The molecule has 1 N–H and O–H groups in total. The van der Waals surface area contributed by atoms with Gasteiger partial charge in [0.2, 0.25) is 5.82 Å². The molecule has 1 aromatic rings. The molecule has 8 heteroatoms. The van der Waals surface area contributed by atoms with Crippen LogP contribution in [0.4, 0.5) is 14.5 Å². The number of hydrogen-bond acceptors (Lipinski definition) is 4. The van der Waals surface area contributed by atoms with Crippen LogP contribution in [0.1, 0.15) is 30.1 Å². The van der Waals surface area contributed by atoms with E-state index in [0.717, 1.165) is 0 Å². The molecule has 2 rings (SSSR count). The van der Waals surface area contributed by atoms with E-state index in [-0.39, 0.29) is 6.54 Å². The second kappa shape index (κ2) is 5.36. The Morgan fingerprint density at radius 1 is 1.43 bits per heavy atom. The Morgan fingerprint density at radius 2 is 2.10 bits per heavy atom. The molecule has 0 aromatic heterocycles. The molecule has 1 amide bonds. The lowest BCUT2D eigenvalue weighted by Gasteiger charge is -2.36. The van der Waals surface area contributed by atoms with Crippen molar-refractivity contribution in [3.8, 4) is 0 Å². The number of nitro benzene ring substituents is 1. The smallest absolute Gasteiger partial charge is 0.305 e. The minimum absolute atomic E-state index is 0.00352. The fraction of sp³-hybridized carbons (Fsp3) is 0.462. The summed E-state index contributed by atoms with van der Waals surface area (Å²) in [6.45, 7) is 1.85. The van der Waals surface area contributed by atoms with Crippen molar-refractivity contribution in [2.45, 2.75) is 25.4 Å². The van der Waals surface area contributed by atoms with E-state index in [2.05, 4.69) is 0 Å². The predicted molar refractivity (Wildman–Crippen MR) is 68.8 cm³/mol. The molecule has 21 heavy (non-hydrogen) atoms. The van der Waals surface area contributed by atoms with Crippen molar-refractivity contribution < 1.29 is 23.6 Å². The molecule has 1 atom stereocenters. The highest BCUT2D eigenvalue weighted by Crippen LogP contribution is 2.26. The third-order valence-electron chi connectivity index (χ3n) is 3.43. The quantitative estimate of drug-likeness (QED) is 0.667. The number of benzene rings is 1. The molecule has 0 bridgehead atoms. The van der Waals surface area contributed by atoms with Crippen LogP contribution < -0.4 is 0 Å². The van der Waals surface area contributed by atoms with Crippen LogP contribution in [0.5, 0.6) is 0 Å². The normalized spacial score (nSPS) is 22.2. The number of rotatable bonds is 2. The molecule has 1 heterocycles. The van der Waals surface area contributed by atoms with Gasteiger partial charge in [0, 0.05) is 25.2 Å². The molecule has 0 radical (unpaired) electrons. The van der Waals surface area contributed by atoms with Crippen LogP contribution in [0.15, 0.2) is 12.1 Å². The van der Waals surface area contributed by atoms with Crippen molar-refractivity contribution in [1.29, 1.82) is 0 Å². The molecular weight excluding hydrogens is 286 g/mol. The number of likely N-dealkylation sites (tertiary alicyclic amines) is 1. The van der Waals surface area contributed by atoms with Crippen LogP contribution in [0.25, 0.3) is 0 Å². The van der Waals surface area contributed by atoms with Gasteiger partial charge in [-0.3, -0.25) is 14.9 Å². The van der Waals surface area contributed by atoms with Crippen LogP contribution in [-0.4, -0.2) is 39.5 Å². The first-order valence-electron chi connectivity index (χ1n) is 6.36. The van der Waals surface area contributed by atoms with E-state index < -0.39 is 39.3 Å². The van der Waals surface area contributed by atoms with Crippen LogP contribution >= 0.6 is 0 Å². The summed E-state index contributed by atoms with van der Waals surface area (Å²) < 4.78 is 27.0. The van der Waals surface area contributed by atoms with Gasteiger partial charge < -0.3 is 10.0 Å². The van der Waals surface area contributed by atoms with Gasteiger partial charge in [-0.1, -0.05) is 0 Å². The average molecular weight is 300 g/mol. The maximum atomic E-state index is 13.7. The second-order valence-corrected chi connectivity index (χ2v) is 5.37. The summed E-state index contributed by atoms with van der Waals surface area (Å²) in [4.78, 5) is 23.1. The number of hydrogen-bond donors (Lipinski definition) is 1. The van der Waals surface area contributed by atoms with Gasteiger partial charge in [-0.25, -0.2) is 4.39 Å². The molecule has 1 aliphatic rings. The Morgan fingerprint density at radius 3 is 2.67 bits per heavy atom. The lowest BCUT2D eigenvalue weighted by atomic mass is 9.94. The largest absolute Gasteiger partial charge is 0.388 e. The van der Waals surface area contributed by atoms with Gasteiger partial charge in [-0.2, -0.15) is 4.39 Å². The van der Waals surface area contributed by atoms with Crippen molar-refractivity contribution in [3.63, 3.8) is 0 Å². The van der Waals surface area contributed by atoms with Crippen LogP contribution in [0.2, 0.25) is 0 Å². The molecule has 1 unspecified atom stereocenters. The summed E-state index contributed by atoms with van der Waals surface area (Å²) in [5, 5.41) is 20.6. The number of aliphatic hydroxyl groups is 1. The summed E-state index contributed by atoms with van der Waals surface area (Å²) in [6, 6.07) is 0.920. The Kier molecular flexibility index (Phi) is 3.91. The number of halogens is 2. The molecule has 0 spiro atoms. The zero-order chi connectivity index (χ0) is 15.8. The average Bonchev–Trinajstić information content (AvgIpc) is 2.36. The molecule has 0 aliphatic carbocycles. The van der Waals surface area contributed by atoms with Gasteiger partial charge in [0.05, 0.1) is 16.1 Å². The number of amides is 1. The molecular formula is C13H14F2N2O4. The van der Waals surface area contributed by atoms with Gasteiger partial charge in [0.25, 0.3) is 5.91 Å². The highest BCUT2D eigenvalue weighted by atomic mass is 19.1. The zero-order valence-electron chi connectivity index (χ0n) is 11.3. The number of carbonyl (C=O) groups excluding carboxylic acids is 1. The maximum Gasteiger partial charge on any atom is 0.305 e. The van der Waals surface area contributed by atoms with E-state index in [1.54, 1.807) is 6.92 Å². The molecule has 1 saturated heterocycles. The van der Waals surface area contributed by atoms with E-state index >= 15 is 0 Å². The topological polar surface area (TPSA) is 83.7 Å². The molecule has 1 aromatic carbocycles. The van der Waals surface area contributed by atoms with Crippen LogP contribution in [0.3, 0.4) is 0 Å². The minimum atomic E-state index is -1.33. The Hall–Kier alpha value is -2.09. The zero-order valence-corrected chi connectivity index (χ0v) is 11.3. The molecule has 1 aliphatic heterocycles. The van der Waals surface area contributed by atoms with Gasteiger partial charge in [0.15, 0.2) is 0 Å². The summed E-state index contributed by atoms with van der Waals surface area (Å²) >= 11 is 0. The Labute approximate surface area is 119 Å². The van der Waals surface area contributed by atoms with Crippen molar-refractivity contribution in [1.82, 2.24) is 4.90 Å². The predicted octanol–water partition coefficient (Wildman–Crippen LogP) is 1.86. The standard InChI is InChI=1S/C13H14F2N2O4/c1-13(19)3-2-4-16(7-13)12(18)8-5-11(17(20)21)10(15)6-9(8)14/h5-6,19H,2-4,7H2,1H3.